The van der Waals surface area contributed by atoms with Gasteiger partial charge in [-0.2, -0.15) is 0 Å². The lowest BCUT2D eigenvalue weighted by molar-refractivity contribution is -0.121. The molecule has 0 bridgehead atoms. The van der Waals surface area contributed by atoms with Gasteiger partial charge < -0.3 is 14.4 Å². The summed E-state index contributed by atoms with van der Waals surface area (Å²) >= 11 is 0. The number of nitrogens with zero attached hydrogens (tertiary/aromatic N) is 2. The first kappa shape index (κ1) is 23.8. The Balaban J connectivity index is 1.67. The van der Waals surface area contributed by atoms with Crippen LogP contribution in [0.4, 0.5) is 5.82 Å². The molecular weight excluding hydrogens is 424 g/mol. The zero-order valence-electron chi connectivity index (χ0n) is 20.6. The van der Waals surface area contributed by atoms with Crippen molar-refractivity contribution in [2.45, 2.75) is 52.1 Å². The van der Waals surface area contributed by atoms with Crippen molar-refractivity contribution in [1.82, 2.24) is 4.98 Å². The lowest BCUT2D eigenvalue weighted by atomic mass is 9.77. The summed E-state index contributed by atoms with van der Waals surface area (Å²) in [7, 11) is 3.36. The van der Waals surface area contributed by atoms with E-state index in [4.69, 9.17) is 14.5 Å². The number of ether oxygens (including phenoxy) is 2. The molecule has 0 radical (unpaired) electrons. The predicted octanol–water partition coefficient (Wildman–Crippen LogP) is 6.09. The first-order valence-corrected chi connectivity index (χ1v) is 12.0. The van der Waals surface area contributed by atoms with Gasteiger partial charge in [0.1, 0.15) is 23.1 Å². The highest BCUT2D eigenvalue weighted by Gasteiger charge is 2.29. The van der Waals surface area contributed by atoms with Gasteiger partial charge in [0.2, 0.25) is 0 Å². The predicted molar refractivity (Wildman–Crippen MR) is 136 cm³/mol. The molecule has 0 amide bonds. The van der Waals surface area contributed by atoms with Crippen molar-refractivity contribution in [2.24, 2.45) is 5.92 Å². The Morgan fingerprint density at radius 1 is 0.912 bits per heavy atom. The van der Waals surface area contributed by atoms with E-state index in [9.17, 15) is 4.79 Å². The van der Waals surface area contributed by atoms with Crippen molar-refractivity contribution in [1.29, 1.82) is 0 Å². The smallest absolute Gasteiger partial charge is 0.133 e. The Morgan fingerprint density at radius 2 is 1.47 bits per heavy atom. The molecule has 5 heteroatoms. The van der Waals surface area contributed by atoms with Gasteiger partial charge in [0.05, 0.1) is 14.2 Å². The van der Waals surface area contributed by atoms with Crippen molar-refractivity contribution in [2.75, 3.05) is 19.1 Å². The second-order valence-electron chi connectivity index (χ2n) is 9.35. The normalized spacial score (nSPS) is 17.9. The van der Waals surface area contributed by atoms with E-state index in [1.165, 1.54) is 16.7 Å². The molecule has 0 aliphatic heterocycles. The Morgan fingerprint density at radius 3 is 2.00 bits per heavy atom. The quantitative estimate of drug-likeness (QED) is 0.409. The minimum absolute atomic E-state index is 0.184. The topological polar surface area (TPSA) is 51.7 Å². The van der Waals surface area contributed by atoms with E-state index in [-0.39, 0.29) is 5.92 Å². The Kier molecular flexibility index (Phi) is 7.51. The molecule has 2 unspecified atom stereocenters. The largest absolute Gasteiger partial charge is 0.497 e. The maximum atomic E-state index is 12.2. The van der Waals surface area contributed by atoms with Gasteiger partial charge in [0.15, 0.2) is 0 Å². The van der Waals surface area contributed by atoms with Gasteiger partial charge in [0, 0.05) is 37.5 Å². The van der Waals surface area contributed by atoms with Crippen LogP contribution in [-0.2, 0) is 17.9 Å². The summed E-state index contributed by atoms with van der Waals surface area (Å²) in [6.45, 7) is 5.78. The number of pyridine rings is 1. The summed E-state index contributed by atoms with van der Waals surface area (Å²) in [6, 6.07) is 20.6. The van der Waals surface area contributed by atoms with Crippen molar-refractivity contribution in [3.63, 3.8) is 0 Å². The number of Topliss-reactive ketones (excluding diaryl/α,β-unsaturated/α-hetero) is 1. The van der Waals surface area contributed by atoms with Gasteiger partial charge in [-0.15, -0.1) is 0 Å². The number of rotatable bonds is 8. The number of benzene rings is 2. The first-order valence-electron chi connectivity index (χ1n) is 12.0. The molecule has 5 nitrogen and oxygen atoms in total. The number of anilines is 1. The number of hydrogen-bond acceptors (Lipinski definition) is 5. The van der Waals surface area contributed by atoms with Crippen LogP contribution in [-0.4, -0.2) is 25.0 Å². The van der Waals surface area contributed by atoms with Gasteiger partial charge in [-0.25, -0.2) is 4.98 Å². The molecule has 1 aliphatic rings. The first-order chi connectivity index (χ1) is 16.4. The summed E-state index contributed by atoms with van der Waals surface area (Å²) in [5, 5.41) is 0. The third kappa shape index (κ3) is 5.77. The number of methoxy groups -OCH3 is 2. The van der Waals surface area contributed by atoms with Crippen molar-refractivity contribution >= 4 is 11.6 Å². The highest BCUT2D eigenvalue weighted by atomic mass is 16.5. The van der Waals surface area contributed by atoms with Crippen LogP contribution in [0.1, 0.15) is 54.5 Å². The summed E-state index contributed by atoms with van der Waals surface area (Å²) < 4.78 is 10.7. The lowest BCUT2D eigenvalue weighted by Crippen LogP contribution is -2.26. The Labute approximate surface area is 202 Å². The average Bonchev–Trinajstić information content (AvgIpc) is 2.85. The molecule has 1 aliphatic carbocycles. The van der Waals surface area contributed by atoms with Crippen LogP contribution < -0.4 is 14.4 Å². The molecule has 3 aromatic rings. The minimum atomic E-state index is 0.184. The SMILES string of the molecule is COc1ccc(CN(Cc2ccc(OC)cc2)c2cc(C)cc(C3CC(=O)CCC3C)n2)cc1. The zero-order chi connectivity index (χ0) is 24.1. The third-order valence-corrected chi connectivity index (χ3v) is 6.76. The van der Waals surface area contributed by atoms with Gasteiger partial charge in [0.25, 0.3) is 0 Å². The second-order valence-corrected chi connectivity index (χ2v) is 9.35. The maximum absolute atomic E-state index is 12.2. The maximum Gasteiger partial charge on any atom is 0.133 e. The molecular formula is C29H34N2O3. The molecule has 34 heavy (non-hydrogen) atoms. The summed E-state index contributed by atoms with van der Waals surface area (Å²) in [6.07, 6.45) is 2.22. The highest BCUT2D eigenvalue weighted by Crippen LogP contribution is 2.36. The zero-order valence-corrected chi connectivity index (χ0v) is 20.6. The van der Waals surface area contributed by atoms with Crippen LogP contribution in [0.3, 0.4) is 0 Å². The fourth-order valence-electron chi connectivity index (χ4n) is 4.68. The summed E-state index contributed by atoms with van der Waals surface area (Å²) in [5.41, 5.74) is 4.56. The fourth-order valence-corrected chi connectivity index (χ4v) is 4.68. The minimum Gasteiger partial charge on any atom is -0.497 e. The molecule has 4 rings (SSSR count). The summed E-state index contributed by atoms with van der Waals surface area (Å²) in [5.74, 6) is 3.61. The molecule has 0 saturated heterocycles. The second kappa shape index (κ2) is 10.7. The average molecular weight is 459 g/mol. The van der Waals surface area contributed by atoms with Crippen LogP contribution >= 0.6 is 0 Å². The van der Waals surface area contributed by atoms with E-state index >= 15 is 0 Å². The van der Waals surface area contributed by atoms with Crippen LogP contribution in [0.2, 0.25) is 0 Å². The highest BCUT2D eigenvalue weighted by molar-refractivity contribution is 5.80. The van der Waals surface area contributed by atoms with Crippen molar-refractivity contribution in [3.05, 3.63) is 83.0 Å². The molecule has 1 aromatic heterocycles. The van der Waals surface area contributed by atoms with E-state index < -0.39 is 0 Å². The van der Waals surface area contributed by atoms with E-state index in [1.54, 1.807) is 14.2 Å². The van der Waals surface area contributed by atoms with Crippen LogP contribution in [0.25, 0.3) is 0 Å². The van der Waals surface area contributed by atoms with E-state index in [1.807, 2.05) is 24.3 Å². The van der Waals surface area contributed by atoms with E-state index in [0.717, 1.165) is 29.4 Å². The van der Waals surface area contributed by atoms with E-state index in [0.29, 0.717) is 37.6 Å². The number of ketones is 1. The van der Waals surface area contributed by atoms with Crippen LogP contribution in [0, 0.1) is 12.8 Å². The summed E-state index contributed by atoms with van der Waals surface area (Å²) in [4.78, 5) is 19.7. The fraction of sp³-hybridized carbons (Fsp3) is 0.379. The lowest BCUT2D eigenvalue weighted by Gasteiger charge is -2.30. The molecule has 2 aromatic carbocycles. The molecule has 0 spiro atoms. The standard InChI is InChI=1S/C29H34N2O3/c1-20-15-28(27-17-24(32)10-5-21(27)2)30-29(16-20)31(18-22-6-11-25(33-3)12-7-22)19-23-8-13-26(34-4)14-9-23/h6-9,11-16,21,27H,5,10,17-19H2,1-4H3. The monoisotopic (exact) mass is 458 g/mol. The number of aromatic nitrogens is 1. The van der Waals surface area contributed by atoms with Crippen molar-refractivity contribution < 1.29 is 14.3 Å². The van der Waals surface area contributed by atoms with Gasteiger partial charge in [-0.3, -0.25) is 4.79 Å². The number of aryl methyl sites for hydroxylation is 1. The number of hydrogen-bond donors (Lipinski definition) is 0. The third-order valence-electron chi connectivity index (χ3n) is 6.76. The van der Waals surface area contributed by atoms with E-state index in [2.05, 4.69) is 55.1 Å². The number of carbonyl (C=O) groups excluding carboxylic acids is 1. The van der Waals surface area contributed by atoms with Gasteiger partial charge in [-0.1, -0.05) is 31.2 Å². The van der Waals surface area contributed by atoms with Gasteiger partial charge in [-0.05, 0) is 72.4 Å². The Bertz CT molecular complexity index is 1060. The van der Waals surface area contributed by atoms with Crippen molar-refractivity contribution in [3.8, 4) is 11.5 Å². The van der Waals surface area contributed by atoms with Gasteiger partial charge >= 0.3 is 0 Å². The molecule has 2 atom stereocenters. The number of carbonyl (C=O) groups is 1. The van der Waals surface area contributed by atoms with Crippen LogP contribution in [0.5, 0.6) is 11.5 Å². The molecule has 178 valence electrons. The molecule has 0 N–H and O–H groups in total. The Hall–Kier alpha value is -3.34. The van der Waals surface area contributed by atoms with Crippen LogP contribution in [0.15, 0.2) is 60.7 Å². The molecule has 1 heterocycles. The molecule has 1 fully saturated rings. The molecule has 1 saturated carbocycles.